The first-order valence-electron chi connectivity index (χ1n) is 9.85. The first-order chi connectivity index (χ1) is 15.4. The Morgan fingerprint density at radius 1 is 0.969 bits per heavy atom. The minimum absolute atomic E-state index is 0.0838. The number of hydrogen-bond acceptors (Lipinski definition) is 6. The molecule has 9 heteroatoms. The number of methoxy groups -OCH3 is 2. The van der Waals surface area contributed by atoms with Crippen molar-refractivity contribution < 1.29 is 27.4 Å². The van der Waals surface area contributed by atoms with E-state index in [0.717, 1.165) is 0 Å². The second-order valence-electron chi connectivity index (χ2n) is 6.95. The van der Waals surface area contributed by atoms with Gasteiger partial charge in [-0.05, 0) is 49.4 Å². The summed E-state index contributed by atoms with van der Waals surface area (Å²) in [4.78, 5) is 14.7. The van der Waals surface area contributed by atoms with Crippen LogP contribution in [0.15, 0.2) is 65.6 Å². The van der Waals surface area contributed by atoms with Gasteiger partial charge in [-0.15, -0.1) is 0 Å². The van der Waals surface area contributed by atoms with Crippen LogP contribution in [0.1, 0.15) is 17.3 Å². The van der Waals surface area contributed by atoms with Gasteiger partial charge < -0.3 is 19.1 Å². The molecule has 1 amide bonds. The van der Waals surface area contributed by atoms with Gasteiger partial charge in [0.2, 0.25) is 0 Å². The zero-order chi connectivity index (χ0) is 22.9. The topological polar surface area (TPSA) is 94.2 Å². The molecule has 3 aromatic rings. The molecule has 1 heterocycles. The molecule has 0 saturated carbocycles. The van der Waals surface area contributed by atoms with Crippen molar-refractivity contribution in [3.63, 3.8) is 0 Å². The average molecular weight is 455 g/mol. The summed E-state index contributed by atoms with van der Waals surface area (Å²) in [5.74, 6) is 1.15. The first kappa shape index (κ1) is 21.5. The summed E-state index contributed by atoms with van der Waals surface area (Å²) in [6, 6.07) is 16.3. The molecule has 32 heavy (non-hydrogen) atoms. The summed E-state index contributed by atoms with van der Waals surface area (Å²) in [6.45, 7) is 2.29. The van der Waals surface area contributed by atoms with Crippen molar-refractivity contribution in [2.24, 2.45) is 0 Å². The van der Waals surface area contributed by atoms with Gasteiger partial charge in [-0.3, -0.25) is 9.52 Å². The predicted octanol–water partition coefficient (Wildman–Crippen LogP) is 4.28. The Labute approximate surface area is 186 Å². The van der Waals surface area contributed by atoms with Gasteiger partial charge in [0.15, 0.2) is 5.75 Å². The lowest BCUT2D eigenvalue weighted by Gasteiger charge is -2.20. The molecule has 1 aliphatic rings. The normalized spacial score (nSPS) is 12.8. The van der Waals surface area contributed by atoms with E-state index in [1.807, 2.05) is 19.1 Å². The molecule has 0 radical (unpaired) electrons. The zero-order valence-electron chi connectivity index (χ0n) is 17.8. The van der Waals surface area contributed by atoms with Gasteiger partial charge in [0, 0.05) is 18.3 Å². The van der Waals surface area contributed by atoms with Crippen LogP contribution in [-0.4, -0.2) is 35.1 Å². The molecule has 0 aliphatic carbocycles. The number of fused-ring (bicyclic) bond motifs is 2. The molecule has 1 aliphatic heterocycles. The van der Waals surface area contributed by atoms with Crippen LogP contribution in [-0.2, 0) is 10.0 Å². The summed E-state index contributed by atoms with van der Waals surface area (Å²) < 4.78 is 45.0. The van der Waals surface area contributed by atoms with Gasteiger partial charge in [-0.1, -0.05) is 12.1 Å². The van der Waals surface area contributed by atoms with E-state index >= 15 is 0 Å². The number of nitrogens with one attached hydrogen (secondary N) is 1. The third-order valence-electron chi connectivity index (χ3n) is 5.06. The van der Waals surface area contributed by atoms with Crippen LogP contribution in [0.25, 0.3) is 0 Å². The number of anilines is 2. The highest BCUT2D eigenvalue weighted by Crippen LogP contribution is 2.40. The second kappa shape index (κ2) is 8.43. The Kier molecular flexibility index (Phi) is 5.67. The highest BCUT2D eigenvalue weighted by molar-refractivity contribution is 7.92. The molecule has 0 aromatic heterocycles. The minimum Gasteiger partial charge on any atom is -0.497 e. The van der Waals surface area contributed by atoms with E-state index in [9.17, 15) is 13.2 Å². The van der Waals surface area contributed by atoms with E-state index in [4.69, 9.17) is 14.2 Å². The lowest BCUT2D eigenvalue weighted by atomic mass is 10.1. The Balaban J connectivity index is 1.73. The van der Waals surface area contributed by atoms with Crippen LogP contribution in [0.3, 0.4) is 0 Å². The molecule has 166 valence electrons. The third-order valence-corrected chi connectivity index (χ3v) is 6.46. The molecule has 0 saturated heterocycles. The zero-order valence-corrected chi connectivity index (χ0v) is 18.6. The monoisotopic (exact) mass is 454 g/mol. The highest BCUT2D eigenvalue weighted by atomic mass is 32.2. The van der Waals surface area contributed by atoms with E-state index in [0.29, 0.717) is 29.5 Å². The largest absolute Gasteiger partial charge is 0.497 e. The van der Waals surface area contributed by atoms with E-state index in [-0.39, 0.29) is 27.8 Å². The summed E-state index contributed by atoms with van der Waals surface area (Å²) in [5.41, 5.74) is 1.12. The maximum atomic E-state index is 13.2. The first-order valence-corrected chi connectivity index (χ1v) is 11.3. The van der Waals surface area contributed by atoms with Crippen molar-refractivity contribution in [1.29, 1.82) is 0 Å². The highest BCUT2D eigenvalue weighted by Gasteiger charge is 2.28. The number of para-hydroxylation sites is 2. The van der Waals surface area contributed by atoms with Crippen LogP contribution < -0.4 is 23.8 Å². The predicted molar refractivity (Wildman–Crippen MR) is 121 cm³/mol. The number of nitrogens with zero attached hydrogens (tertiary/aromatic N) is 1. The van der Waals surface area contributed by atoms with Crippen LogP contribution >= 0.6 is 0 Å². The lowest BCUT2D eigenvalue weighted by molar-refractivity contribution is 0.0988. The van der Waals surface area contributed by atoms with E-state index in [2.05, 4.69) is 4.72 Å². The van der Waals surface area contributed by atoms with Crippen molar-refractivity contribution in [1.82, 2.24) is 0 Å². The van der Waals surface area contributed by atoms with Crippen molar-refractivity contribution in [2.75, 3.05) is 30.4 Å². The minimum atomic E-state index is -4.04. The number of benzene rings is 3. The number of ether oxygens (including phenoxy) is 3. The van der Waals surface area contributed by atoms with Gasteiger partial charge in [-0.2, -0.15) is 0 Å². The summed E-state index contributed by atoms with van der Waals surface area (Å²) in [5, 5.41) is 0. The summed E-state index contributed by atoms with van der Waals surface area (Å²) in [6.07, 6.45) is 0. The van der Waals surface area contributed by atoms with E-state index in [1.165, 1.54) is 32.4 Å². The van der Waals surface area contributed by atoms with Crippen LogP contribution in [0.4, 0.5) is 11.4 Å². The van der Waals surface area contributed by atoms with Gasteiger partial charge >= 0.3 is 0 Å². The van der Waals surface area contributed by atoms with Crippen molar-refractivity contribution in [3.8, 4) is 23.0 Å². The van der Waals surface area contributed by atoms with Crippen LogP contribution in [0, 0.1) is 0 Å². The number of rotatable bonds is 6. The molecule has 0 bridgehead atoms. The maximum absolute atomic E-state index is 13.2. The quantitative estimate of drug-likeness (QED) is 0.598. The van der Waals surface area contributed by atoms with Crippen molar-refractivity contribution >= 4 is 27.3 Å². The standard InChI is InChI=1S/C23H22N2O6S/c1-4-25-18-7-5-6-8-20(18)31-19-11-9-15(13-17(19)23(25)26)24-32(27,28)22-14-16(29-2)10-12-21(22)30-3/h5-14,24H,4H2,1-3H3. The van der Waals surface area contributed by atoms with Crippen molar-refractivity contribution in [3.05, 3.63) is 66.2 Å². The fourth-order valence-corrected chi connectivity index (χ4v) is 4.74. The molecule has 8 nitrogen and oxygen atoms in total. The average Bonchev–Trinajstić information content (AvgIpc) is 2.92. The number of carbonyl (C=O) groups is 1. The smallest absolute Gasteiger partial charge is 0.265 e. The molecule has 1 N–H and O–H groups in total. The maximum Gasteiger partial charge on any atom is 0.265 e. The van der Waals surface area contributed by atoms with Crippen molar-refractivity contribution in [2.45, 2.75) is 11.8 Å². The molecule has 4 rings (SSSR count). The summed E-state index contributed by atoms with van der Waals surface area (Å²) >= 11 is 0. The summed E-state index contributed by atoms with van der Waals surface area (Å²) in [7, 11) is -1.20. The molecule has 0 unspecified atom stereocenters. The Bertz CT molecular complexity index is 1290. The molecule has 0 fully saturated rings. The van der Waals surface area contributed by atoms with Crippen LogP contribution in [0.5, 0.6) is 23.0 Å². The Morgan fingerprint density at radius 3 is 2.47 bits per heavy atom. The molecule has 0 atom stereocenters. The SMILES string of the molecule is CCN1C(=O)c2cc(NS(=O)(=O)c3cc(OC)ccc3OC)ccc2Oc2ccccc21. The van der Waals surface area contributed by atoms with Gasteiger partial charge in [0.05, 0.1) is 25.5 Å². The molecular weight excluding hydrogens is 432 g/mol. The van der Waals surface area contributed by atoms with E-state index < -0.39 is 10.0 Å². The fourth-order valence-electron chi connectivity index (χ4n) is 3.51. The lowest BCUT2D eigenvalue weighted by Crippen LogP contribution is -2.29. The number of carbonyl (C=O) groups excluding carboxylic acids is 1. The van der Waals surface area contributed by atoms with Gasteiger partial charge in [-0.25, -0.2) is 8.42 Å². The number of amides is 1. The molecule has 3 aromatic carbocycles. The molecule has 0 spiro atoms. The molecular formula is C23H22N2O6S. The number of hydrogen-bond donors (Lipinski definition) is 1. The van der Waals surface area contributed by atoms with Gasteiger partial charge in [0.1, 0.15) is 22.1 Å². The third kappa shape index (κ3) is 3.82. The van der Waals surface area contributed by atoms with Crippen LogP contribution in [0.2, 0.25) is 0 Å². The fraction of sp³-hybridized carbons (Fsp3) is 0.174. The van der Waals surface area contributed by atoms with Gasteiger partial charge in [0.25, 0.3) is 15.9 Å². The Hall–Kier alpha value is -3.72. The second-order valence-corrected chi connectivity index (χ2v) is 8.60. The Morgan fingerprint density at radius 2 is 1.75 bits per heavy atom. The van der Waals surface area contributed by atoms with E-state index in [1.54, 1.807) is 35.2 Å². The number of sulfonamides is 1.